The molecule has 22 heavy (non-hydrogen) atoms. The Hall–Kier alpha value is -3.22. The molecule has 0 atom stereocenters. The van der Waals surface area contributed by atoms with Gasteiger partial charge in [-0.2, -0.15) is 0 Å². The number of carbonyl (C=O) groups excluding carboxylic acids is 1. The first-order valence-electron chi connectivity index (χ1n) is 6.55. The lowest BCUT2D eigenvalue weighted by molar-refractivity contribution is -0.384. The molecule has 0 saturated carbocycles. The molecule has 110 valence electrons. The van der Waals surface area contributed by atoms with Gasteiger partial charge in [-0.3, -0.25) is 14.9 Å². The van der Waals surface area contributed by atoms with Gasteiger partial charge >= 0.3 is 0 Å². The van der Waals surface area contributed by atoms with Gasteiger partial charge in [-0.05, 0) is 25.1 Å². The van der Waals surface area contributed by atoms with Crippen LogP contribution in [-0.2, 0) is 0 Å². The van der Waals surface area contributed by atoms with Crippen molar-refractivity contribution >= 4 is 22.9 Å². The predicted molar refractivity (Wildman–Crippen MR) is 81.0 cm³/mol. The van der Waals surface area contributed by atoms with Gasteiger partial charge in [-0.1, -0.05) is 12.1 Å². The summed E-state index contributed by atoms with van der Waals surface area (Å²) in [5.74, 6) is -0.413. The van der Waals surface area contributed by atoms with Crippen molar-refractivity contribution in [3.63, 3.8) is 0 Å². The first-order valence-corrected chi connectivity index (χ1v) is 6.55. The number of amides is 1. The smallest absolute Gasteiger partial charge is 0.275 e. The maximum Gasteiger partial charge on any atom is 0.275 e. The van der Waals surface area contributed by atoms with Crippen LogP contribution in [0.2, 0.25) is 0 Å². The van der Waals surface area contributed by atoms with Crippen molar-refractivity contribution in [2.24, 2.45) is 0 Å². The van der Waals surface area contributed by atoms with Crippen molar-refractivity contribution in [2.45, 2.75) is 6.92 Å². The number of benzene rings is 1. The molecule has 3 aromatic rings. The van der Waals surface area contributed by atoms with Crippen LogP contribution in [0.4, 0.5) is 11.4 Å². The summed E-state index contributed by atoms with van der Waals surface area (Å²) >= 11 is 0. The fourth-order valence-corrected chi connectivity index (χ4v) is 2.15. The number of aromatic nitrogens is 2. The molecule has 0 aliphatic carbocycles. The molecule has 0 fully saturated rings. The van der Waals surface area contributed by atoms with Gasteiger partial charge in [-0.15, -0.1) is 0 Å². The van der Waals surface area contributed by atoms with Gasteiger partial charge in [0.05, 0.1) is 4.92 Å². The molecule has 2 heterocycles. The third-order valence-electron chi connectivity index (χ3n) is 3.24. The Labute approximate surface area is 125 Å². The third kappa shape index (κ3) is 2.51. The van der Waals surface area contributed by atoms with E-state index in [1.54, 1.807) is 18.3 Å². The van der Waals surface area contributed by atoms with Gasteiger partial charge in [0.15, 0.2) is 0 Å². The van der Waals surface area contributed by atoms with Gasteiger partial charge in [0.25, 0.3) is 11.6 Å². The van der Waals surface area contributed by atoms with E-state index < -0.39 is 10.8 Å². The monoisotopic (exact) mass is 296 g/mol. The largest absolute Gasteiger partial charge is 0.320 e. The number of nitrogens with one attached hydrogen (secondary N) is 1. The Balaban J connectivity index is 1.88. The highest BCUT2D eigenvalue weighted by molar-refractivity contribution is 6.03. The number of non-ortho nitro benzene ring substituents is 1. The molecule has 7 nitrogen and oxygen atoms in total. The molecule has 3 rings (SSSR count). The van der Waals surface area contributed by atoms with Crippen LogP contribution in [0.5, 0.6) is 0 Å². The molecule has 1 N–H and O–H groups in total. The number of rotatable bonds is 3. The topological polar surface area (TPSA) is 89.5 Å². The van der Waals surface area contributed by atoms with E-state index in [-0.39, 0.29) is 11.4 Å². The van der Waals surface area contributed by atoms with Crippen LogP contribution < -0.4 is 5.32 Å². The fraction of sp³-hybridized carbons (Fsp3) is 0.0667. The van der Waals surface area contributed by atoms with Crippen molar-refractivity contribution in [1.82, 2.24) is 9.38 Å². The van der Waals surface area contributed by atoms with E-state index in [0.29, 0.717) is 11.3 Å². The maximum atomic E-state index is 12.2. The van der Waals surface area contributed by atoms with Crippen LogP contribution in [0.3, 0.4) is 0 Å². The van der Waals surface area contributed by atoms with Crippen LogP contribution in [0.15, 0.2) is 48.7 Å². The Morgan fingerprint density at radius 3 is 2.77 bits per heavy atom. The van der Waals surface area contributed by atoms with Crippen LogP contribution in [0, 0.1) is 17.0 Å². The number of imidazole rings is 1. The van der Waals surface area contributed by atoms with Gasteiger partial charge in [0.1, 0.15) is 11.3 Å². The summed E-state index contributed by atoms with van der Waals surface area (Å²) in [6, 6.07) is 11.4. The first-order chi connectivity index (χ1) is 10.5. The number of nitro benzene ring substituents is 1. The van der Waals surface area contributed by atoms with Crippen molar-refractivity contribution in [3.8, 4) is 0 Å². The highest BCUT2D eigenvalue weighted by Crippen LogP contribution is 2.18. The van der Waals surface area contributed by atoms with E-state index in [9.17, 15) is 14.9 Å². The molecule has 0 bridgehead atoms. The van der Waals surface area contributed by atoms with E-state index in [4.69, 9.17) is 0 Å². The third-order valence-corrected chi connectivity index (χ3v) is 3.24. The zero-order valence-electron chi connectivity index (χ0n) is 11.7. The van der Waals surface area contributed by atoms with Crippen molar-refractivity contribution in [2.75, 3.05) is 5.32 Å². The second kappa shape index (κ2) is 5.28. The molecule has 7 heteroatoms. The summed E-state index contributed by atoms with van der Waals surface area (Å²) in [6.45, 7) is 1.91. The summed E-state index contributed by atoms with van der Waals surface area (Å²) in [5.41, 5.74) is 2.15. The SMILES string of the molecule is Cc1cccc2nc(C(=O)Nc3cccc([N+](=O)[O-])c3)cn12. The lowest BCUT2D eigenvalue weighted by atomic mass is 10.2. The fourth-order valence-electron chi connectivity index (χ4n) is 2.15. The normalized spacial score (nSPS) is 10.6. The zero-order chi connectivity index (χ0) is 15.7. The summed E-state index contributed by atoms with van der Waals surface area (Å²) < 4.78 is 1.81. The Bertz CT molecular complexity index is 885. The van der Waals surface area contributed by atoms with Gasteiger partial charge in [0.2, 0.25) is 0 Å². The molecule has 0 aliphatic heterocycles. The molecular formula is C15H12N4O3. The Morgan fingerprint density at radius 1 is 1.27 bits per heavy atom. The number of nitro groups is 1. The lowest BCUT2D eigenvalue weighted by Crippen LogP contribution is -2.12. The average molecular weight is 296 g/mol. The number of aryl methyl sites for hydroxylation is 1. The van der Waals surface area contributed by atoms with Crippen molar-refractivity contribution < 1.29 is 9.72 Å². The minimum Gasteiger partial charge on any atom is -0.320 e. The zero-order valence-corrected chi connectivity index (χ0v) is 11.7. The number of hydrogen-bond acceptors (Lipinski definition) is 4. The first kappa shape index (κ1) is 13.7. The van der Waals surface area contributed by atoms with E-state index in [1.165, 1.54) is 18.2 Å². The summed E-state index contributed by atoms with van der Waals surface area (Å²) in [5, 5.41) is 13.4. The second-order valence-corrected chi connectivity index (χ2v) is 4.78. The molecule has 0 unspecified atom stereocenters. The van der Waals surface area contributed by atoms with E-state index in [1.807, 2.05) is 23.5 Å². The molecule has 1 amide bonds. The molecule has 0 spiro atoms. The van der Waals surface area contributed by atoms with Gasteiger partial charge in [0, 0.05) is 29.7 Å². The quantitative estimate of drug-likeness (QED) is 0.594. The molecule has 0 radical (unpaired) electrons. The summed E-state index contributed by atoms with van der Waals surface area (Å²) in [7, 11) is 0. The number of hydrogen-bond donors (Lipinski definition) is 1. The average Bonchev–Trinajstić information content (AvgIpc) is 2.93. The van der Waals surface area contributed by atoms with Crippen LogP contribution in [0.1, 0.15) is 16.2 Å². The summed E-state index contributed by atoms with van der Waals surface area (Å²) in [4.78, 5) is 26.7. The van der Waals surface area contributed by atoms with Crippen molar-refractivity contribution in [3.05, 3.63) is 70.2 Å². The second-order valence-electron chi connectivity index (χ2n) is 4.78. The highest BCUT2D eigenvalue weighted by Gasteiger charge is 2.13. The number of anilines is 1. The molecule has 1 aromatic carbocycles. The van der Waals surface area contributed by atoms with Crippen LogP contribution >= 0.6 is 0 Å². The number of pyridine rings is 1. The maximum absolute atomic E-state index is 12.2. The van der Waals surface area contributed by atoms with E-state index in [2.05, 4.69) is 10.3 Å². The highest BCUT2D eigenvalue weighted by atomic mass is 16.6. The lowest BCUT2D eigenvalue weighted by Gasteiger charge is -2.02. The van der Waals surface area contributed by atoms with E-state index >= 15 is 0 Å². The van der Waals surface area contributed by atoms with Crippen molar-refractivity contribution in [1.29, 1.82) is 0 Å². The molecule has 2 aromatic heterocycles. The van der Waals surface area contributed by atoms with Gasteiger partial charge < -0.3 is 9.72 Å². The molecule has 0 saturated heterocycles. The van der Waals surface area contributed by atoms with Gasteiger partial charge in [-0.25, -0.2) is 4.98 Å². The number of carbonyl (C=O) groups is 1. The Kier molecular flexibility index (Phi) is 3.30. The Morgan fingerprint density at radius 2 is 2.05 bits per heavy atom. The molecular weight excluding hydrogens is 284 g/mol. The van der Waals surface area contributed by atoms with Crippen LogP contribution in [-0.4, -0.2) is 20.2 Å². The predicted octanol–water partition coefficient (Wildman–Crippen LogP) is 2.80. The minimum atomic E-state index is -0.510. The standard InChI is InChI=1S/C15H12N4O3/c1-10-4-2-7-14-17-13(9-18(10)14)15(20)16-11-5-3-6-12(8-11)19(21)22/h2-9H,1H3,(H,16,20). The minimum absolute atomic E-state index is 0.0800. The number of nitrogens with zero attached hydrogens (tertiary/aromatic N) is 3. The van der Waals surface area contributed by atoms with E-state index in [0.717, 1.165) is 5.69 Å². The number of fused-ring (bicyclic) bond motifs is 1. The molecule has 0 aliphatic rings. The van der Waals surface area contributed by atoms with Crippen LogP contribution in [0.25, 0.3) is 5.65 Å². The summed E-state index contributed by atoms with van der Waals surface area (Å²) in [6.07, 6.45) is 1.64.